The van der Waals surface area contributed by atoms with Gasteiger partial charge in [0.1, 0.15) is 5.82 Å². The largest absolute Gasteiger partial charge is 0.478 e. The fraction of sp³-hybridized carbons (Fsp3) is 0.267. The Labute approximate surface area is 131 Å². The average Bonchev–Trinajstić information content (AvgIpc) is 2.66. The van der Waals surface area contributed by atoms with Gasteiger partial charge in [-0.3, -0.25) is 9.48 Å². The second-order valence-electron chi connectivity index (χ2n) is 5.10. The van der Waals surface area contributed by atoms with E-state index < -0.39 is 5.97 Å². The van der Waals surface area contributed by atoms with E-state index in [9.17, 15) is 14.7 Å². The number of carboxylic acid groups (broad SMARTS) is 1. The summed E-state index contributed by atoms with van der Waals surface area (Å²) in [4.78, 5) is 23.4. The zero-order chi connectivity index (χ0) is 15.9. The number of nitrogens with zero attached hydrogens (tertiary/aromatic N) is 2. The Morgan fingerprint density at radius 1 is 1.45 bits per heavy atom. The van der Waals surface area contributed by atoms with Crippen LogP contribution >= 0.6 is 11.8 Å². The summed E-state index contributed by atoms with van der Waals surface area (Å²) in [5, 5.41) is 16.4. The van der Waals surface area contributed by atoms with Crippen molar-refractivity contribution in [2.45, 2.75) is 12.2 Å². The van der Waals surface area contributed by atoms with E-state index >= 15 is 0 Å². The minimum atomic E-state index is -0.970. The van der Waals surface area contributed by atoms with E-state index in [0.29, 0.717) is 11.4 Å². The Morgan fingerprint density at radius 2 is 2.18 bits per heavy atom. The van der Waals surface area contributed by atoms with Crippen molar-refractivity contribution < 1.29 is 14.7 Å². The lowest BCUT2D eigenvalue weighted by Gasteiger charge is -2.17. The lowest BCUT2D eigenvalue weighted by molar-refractivity contribution is -0.113. The number of hydrogen-bond acceptors (Lipinski definition) is 4. The topological polar surface area (TPSA) is 84.2 Å². The van der Waals surface area contributed by atoms with E-state index in [1.165, 1.54) is 11.8 Å². The number of aryl methyl sites for hydroxylation is 2. The Balaban J connectivity index is 2.20. The van der Waals surface area contributed by atoms with Gasteiger partial charge in [-0.05, 0) is 18.6 Å². The number of benzene rings is 1. The van der Waals surface area contributed by atoms with Gasteiger partial charge in [-0.15, -0.1) is 11.8 Å². The second kappa shape index (κ2) is 5.49. The molecule has 3 rings (SSSR count). The van der Waals surface area contributed by atoms with Gasteiger partial charge in [0.05, 0.1) is 22.3 Å². The normalized spacial score (nSPS) is 17.5. The first-order valence-corrected chi connectivity index (χ1v) is 7.81. The molecule has 2 N–H and O–H groups in total. The summed E-state index contributed by atoms with van der Waals surface area (Å²) in [6.45, 7) is 1.87. The predicted octanol–water partition coefficient (Wildman–Crippen LogP) is 2.20. The van der Waals surface area contributed by atoms with Crippen LogP contribution in [0.5, 0.6) is 0 Å². The van der Waals surface area contributed by atoms with E-state index in [-0.39, 0.29) is 22.5 Å². The number of anilines is 1. The fourth-order valence-corrected chi connectivity index (χ4v) is 3.94. The third-order valence-electron chi connectivity index (χ3n) is 3.64. The summed E-state index contributed by atoms with van der Waals surface area (Å²) in [5.74, 6) is -0.169. The molecular weight excluding hydrogens is 302 g/mol. The van der Waals surface area contributed by atoms with Crippen molar-refractivity contribution in [1.82, 2.24) is 9.78 Å². The number of carbonyl (C=O) groups excluding carboxylic acids is 1. The van der Waals surface area contributed by atoms with Gasteiger partial charge >= 0.3 is 5.97 Å². The van der Waals surface area contributed by atoms with Gasteiger partial charge in [0.15, 0.2) is 0 Å². The Hall–Kier alpha value is -2.28. The van der Waals surface area contributed by atoms with Crippen LogP contribution in [0, 0.1) is 6.92 Å². The maximum atomic E-state index is 11.9. The number of nitrogens with one attached hydrogen (secondary N) is 1. The number of fused-ring (bicyclic) bond motifs is 1. The molecule has 1 atom stereocenters. The van der Waals surface area contributed by atoms with E-state index in [1.54, 1.807) is 29.9 Å². The summed E-state index contributed by atoms with van der Waals surface area (Å²) in [6.07, 6.45) is 0. The average molecular weight is 317 g/mol. The molecule has 0 aliphatic carbocycles. The highest BCUT2D eigenvalue weighted by atomic mass is 32.2. The molecule has 22 heavy (non-hydrogen) atoms. The molecule has 1 unspecified atom stereocenters. The van der Waals surface area contributed by atoms with Gasteiger partial charge in [-0.25, -0.2) is 4.79 Å². The molecule has 1 aromatic heterocycles. The standard InChI is InChI=1S/C15H15N3O3S/c1-8-12-13(9-5-3-4-6-10(9)15(20)21)22-7-11(19)16-14(12)18(2)17-8/h3-6,13H,7H2,1-2H3,(H,16,19)(H,20,21). The minimum absolute atomic E-state index is 0.107. The third-order valence-corrected chi connectivity index (χ3v) is 4.90. The second-order valence-corrected chi connectivity index (χ2v) is 6.20. The first kappa shape index (κ1) is 14.6. The van der Waals surface area contributed by atoms with Crippen molar-refractivity contribution in [2.24, 2.45) is 7.05 Å². The van der Waals surface area contributed by atoms with Crippen LogP contribution in [-0.2, 0) is 11.8 Å². The number of carbonyl (C=O) groups is 2. The Kier molecular flexibility index (Phi) is 3.66. The molecular formula is C15H15N3O3S. The number of rotatable bonds is 2. The zero-order valence-corrected chi connectivity index (χ0v) is 13.0. The smallest absolute Gasteiger partial charge is 0.336 e. The number of amides is 1. The van der Waals surface area contributed by atoms with Crippen LogP contribution in [0.15, 0.2) is 24.3 Å². The van der Waals surface area contributed by atoms with E-state index in [0.717, 1.165) is 11.3 Å². The molecule has 114 valence electrons. The van der Waals surface area contributed by atoms with Crippen LogP contribution < -0.4 is 5.32 Å². The molecule has 0 bridgehead atoms. The molecule has 0 radical (unpaired) electrons. The molecule has 1 aliphatic heterocycles. The number of hydrogen-bond donors (Lipinski definition) is 2. The van der Waals surface area contributed by atoms with E-state index in [2.05, 4.69) is 10.4 Å². The highest BCUT2D eigenvalue weighted by molar-refractivity contribution is 8.00. The lowest BCUT2D eigenvalue weighted by atomic mass is 9.99. The van der Waals surface area contributed by atoms with Crippen molar-refractivity contribution in [1.29, 1.82) is 0 Å². The van der Waals surface area contributed by atoms with Gasteiger partial charge in [0.2, 0.25) is 5.91 Å². The first-order valence-electron chi connectivity index (χ1n) is 6.76. The summed E-state index contributed by atoms with van der Waals surface area (Å²) in [7, 11) is 1.77. The number of thioether (sulfide) groups is 1. The molecule has 0 saturated heterocycles. The van der Waals surface area contributed by atoms with Gasteiger partial charge in [-0.1, -0.05) is 18.2 Å². The third kappa shape index (κ3) is 2.37. The highest BCUT2D eigenvalue weighted by Crippen LogP contribution is 2.43. The van der Waals surface area contributed by atoms with Crippen LogP contribution in [0.1, 0.15) is 32.4 Å². The van der Waals surface area contributed by atoms with Gasteiger partial charge in [0.25, 0.3) is 0 Å². The summed E-state index contributed by atoms with van der Waals surface area (Å²) >= 11 is 1.42. The van der Waals surface area contributed by atoms with Crippen LogP contribution in [0.3, 0.4) is 0 Å². The Morgan fingerprint density at radius 3 is 2.91 bits per heavy atom. The van der Waals surface area contributed by atoms with E-state index in [4.69, 9.17) is 0 Å². The van der Waals surface area contributed by atoms with Crippen LogP contribution in [-0.4, -0.2) is 32.5 Å². The van der Waals surface area contributed by atoms with Crippen LogP contribution in [0.25, 0.3) is 0 Å². The van der Waals surface area contributed by atoms with Gasteiger partial charge in [0, 0.05) is 12.6 Å². The number of aromatic nitrogens is 2. The van der Waals surface area contributed by atoms with E-state index in [1.807, 2.05) is 13.0 Å². The molecule has 2 aromatic rings. The van der Waals surface area contributed by atoms with Crippen LogP contribution in [0.4, 0.5) is 5.82 Å². The van der Waals surface area contributed by atoms with Crippen molar-refractivity contribution >= 4 is 29.5 Å². The van der Waals surface area contributed by atoms with Crippen LogP contribution in [0.2, 0.25) is 0 Å². The predicted molar refractivity (Wildman–Crippen MR) is 84.3 cm³/mol. The molecule has 1 aromatic carbocycles. The maximum absolute atomic E-state index is 11.9. The molecule has 2 heterocycles. The first-order chi connectivity index (χ1) is 10.5. The quantitative estimate of drug-likeness (QED) is 0.887. The van der Waals surface area contributed by atoms with Crippen molar-refractivity contribution in [3.8, 4) is 0 Å². The summed E-state index contributed by atoms with van der Waals surface area (Å²) in [5.41, 5.74) is 2.60. The minimum Gasteiger partial charge on any atom is -0.478 e. The molecule has 7 heteroatoms. The SMILES string of the molecule is Cc1nn(C)c2c1C(c1ccccc1C(=O)O)SCC(=O)N2. The van der Waals surface area contributed by atoms with Gasteiger partial charge < -0.3 is 10.4 Å². The Bertz CT molecular complexity index is 769. The highest BCUT2D eigenvalue weighted by Gasteiger charge is 2.31. The van der Waals surface area contributed by atoms with Crippen molar-refractivity contribution in [3.63, 3.8) is 0 Å². The van der Waals surface area contributed by atoms with Gasteiger partial charge in [-0.2, -0.15) is 5.10 Å². The molecule has 0 fully saturated rings. The lowest BCUT2D eigenvalue weighted by Crippen LogP contribution is -2.15. The zero-order valence-electron chi connectivity index (χ0n) is 12.2. The fourth-order valence-electron chi connectivity index (χ4n) is 2.71. The molecule has 1 amide bonds. The molecule has 1 aliphatic rings. The number of carboxylic acids is 1. The van der Waals surface area contributed by atoms with Crippen molar-refractivity contribution in [2.75, 3.05) is 11.1 Å². The van der Waals surface area contributed by atoms with Crippen molar-refractivity contribution in [3.05, 3.63) is 46.6 Å². The molecule has 0 saturated carbocycles. The summed E-state index contributed by atoms with van der Waals surface area (Å²) in [6, 6.07) is 6.90. The monoisotopic (exact) mass is 317 g/mol. The molecule has 6 nitrogen and oxygen atoms in total. The summed E-state index contributed by atoms with van der Waals surface area (Å²) < 4.78 is 1.63. The number of aromatic carboxylic acids is 1. The maximum Gasteiger partial charge on any atom is 0.336 e. The molecule has 0 spiro atoms.